The van der Waals surface area contributed by atoms with E-state index in [1.54, 1.807) is 11.0 Å². The van der Waals surface area contributed by atoms with Gasteiger partial charge < -0.3 is 38.7 Å². The van der Waals surface area contributed by atoms with Crippen LogP contribution in [0.4, 0.5) is 21.5 Å². The Labute approximate surface area is 423 Å². The number of fused-ring (bicyclic) bond motifs is 1. The molecule has 0 N–H and O–H groups in total. The molecule has 0 saturated carbocycles. The number of piperidine rings is 1. The quantitative estimate of drug-likeness (QED) is 0.118. The number of rotatable bonds is 14. The lowest BCUT2D eigenvalue weighted by molar-refractivity contribution is -0.125. The van der Waals surface area contributed by atoms with E-state index in [9.17, 15) is 18.8 Å². The molecule has 15 nitrogen and oxygen atoms in total. The Hall–Kier alpha value is -6.52. The Balaban J connectivity index is 0.000000179. The molecule has 16 heteroatoms. The van der Waals surface area contributed by atoms with Crippen molar-refractivity contribution in [3.63, 3.8) is 0 Å². The number of Topliss-reactive ketones (excluding diaryl/α,β-unsaturated/α-hetero) is 1. The fourth-order valence-corrected chi connectivity index (χ4v) is 10.5. The number of carbonyl (C=O) groups excluding carboxylic acids is 3. The van der Waals surface area contributed by atoms with Gasteiger partial charge in [-0.3, -0.25) is 24.2 Å². The number of nitrogens with zero attached hydrogens (tertiary/aromatic N) is 8. The van der Waals surface area contributed by atoms with Crippen LogP contribution in [0.1, 0.15) is 69.3 Å². The van der Waals surface area contributed by atoms with Gasteiger partial charge >= 0.3 is 0 Å². The maximum Gasteiger partial charge on any atom is 0.276 e. The minimum Gasteiger partial charge on any atom is -0.489 e. The summed E-state index contributed by atoms with van der Waals surface area (Å²) in [4.78, 5) is 63.2. The number of hydrogen-bond acceptors (Lipinski definition) is 13. The summed E-state index contributed by atoms with van der Waals surface area (Å²) >= 11 is 0. The SMILES string of the molecule is CC(C)Oc1ccccc1N1CCN(CC2CC(C(=O)N3CCC(C(=O)c4ccccc4)CC3)=NO2)CC1.CC(C)Oc1ccccc1N1CCN(CC2CC(C(=O)N3CCc4cc(F)ccc43)=NO2)CC1. The third-order valence-corrected chi connectivity index (χ3v) is 14.2. The molecule has 0 spiro atoms. The zero-order valence-corrected chi connectivity index (χ0v) is 42.2. The van der Waals surface area contributed by atoms with Crippen LogP contribution in [0.2, 0.25) is 0 Å². The Morgan fingerprint density at radius 2 is 1.10 bits per heavy atom. The predicted octanol–water partition coefficient (Wildman–Crippen LogP) is 7.33. The van der Waals surface area contributed by atoms with Crippen LogP contribution in [0.3, 0.4) is 0 Å². The Kier molecular flexibility index (Phi) is 16.4. The molecule has 4 aromatic rings. The summed E-state index contributed by atoms with van der Waals surface area (Å²) in [5.41, 5.74) is 5.61. The van der Waals surface area contributed by atoms with Gasteiger partial charge in [0.2, 0.25) is 0 Å². The van der Waals surface area contributed by atoms with Crippen LogP contribution in [-0.2, 0) is 25.7 Å². The van der Waals surface area contributed by atoms with E-state index in [0.29, 0.717) is 63.2 Å². The first-order valence-corrected chi connectivity index (χ1v) is 25.9. The number of anilines is 3. The van der Waals surface area contributed by atoms with Gasteiger partial charge in [-0.1, -0.05) is 64.9 Å². The monoisotopic (exact) mass is 985 g/mol. The van der Waals surface area contributed by atoms with Gasteiger partial charge in [0.15, 0.2) is 5.78 Å². The zero-order valence-electron chi connectivity index (χ0n) is 42.2. The van der Waals surface area contributed by atoms with Crippen molar-refractivity contribution in [2.45, 2.75) is 84.2 Å². The Morgan fingerprint density at radius 1 is 0.597 bits per heavy atom. The molecule has 6 heterocycles. The second-order valence-electron chi connectivity index (χ2n) is 20.1. The molecule has 0 bridgehead atoms. The number of piperazine rings is 2. The van der Waals surface area contributed by atoms with E-state index in [2.05, 4.69) is 48.1 Å². The number of carbonyl (C=O) groups is 3. The average molecular weight is 985 g/mol. The van der Waals surface area contributed by atoms with Crippen LogP contribution in [0.5, 0.6) is 11.5 Å². The molecule has 2 atom stereocenters. The van der Waals surface area contributed by atoms with Gasteiger partial charge in [-0.05, 0) is 95.0 Å². The number of ketones is 1. The summed E-state index contributed by atoms with van der Waals surface area (Å²) in [6, 6.07) is 30.4. The normalized spacial score (nSPS) is 20.6. The van der Waals surface area contributed by atoms with E-state index >= 15 is 0 Å². The predicted molar refractivity (Wildman–Crippen MR) is 278 cm³/mol. The molecule has 0 aromatic heterocycles. The van der Waals surface area contributed by atoms with Gasteiger partial charge in [0.05, 0.1) is 23.6 Å². The van der Waals surface area contributed by atoms with E-state index in [-0.39, 0.29) is 53.7 Å². The molecule has 3 fully saturated rings. The van der Waals surface area contributed by atoms with E-state index in [4.69, 9.17) is 19.1 Å². The first-order valence-electron chi connectivity index (χ1n) is 25.9. The number of ether oxygens (including phenoxy) is 2. The summed E-state index contributed by atoms with van der Waals surface area (Å²) in [5, 5.41) is 8.28. The molecule has 0 aliphatic carbocycles. The van der Waals surface area contributed by atoms with Crippen molar-refractivity contribution in [2.24, 2.45) is 16.2 Å². The number of likely N-dealkylation sites (tertiary alicyclic amines) is 1. The van der Waals surface area contributed by atoms with Crippen molar-refractivity contribution >= 4 is 46.1 Å². The molecule has 72 heavy (non-hydrogen) atoms. The number of oxime groups is 2. The number of amides is 2. The number of halogens is 1. The maximum atomic E-state index is 13.5. The second kappa shape index (κ2) is 23.4. The minimum atomic E-state index is -0.273. The molecular weight excluding hydrogens is 916 g/mol. The van der Waals surface area contributed by atoms with E-state index < -0.39 is 0 Å². The largest absolute Gasteiger partial charge is 0.489 e. The first kappa shape index (κ1) is 50.4. The molecule has 10 rings (SSSR count). The van der Waals surface area contributed by atoms with Crippen molar-refractivity contribution in [1.82, 2.24) is 14.7 Å². The lowest BCUT2D eigenvalue weighted by Gasteiger charge is -2.37. The highest BCUT2D eigenvalue weighted by Gasteiger charge is 2.36. The average Bonchev–Trinajstić information content (AvgIpc) is 4.18. The Bertz CT molecular complexity index is 2570. The second-order valence-corrected chi connectivity index (χ2v) is 20.1. The number of para-hydroxylation sites is 4. The molecule has 4 aromatic carbocycles. The summed E-state index contributed by atoms with van der Waals surface area (Å²) < 4.78 is 25.5. The minimum absolute atomic E-state index is 0.0291. The highest BCUT2D eigenvalue weighted by atomic mass is 19.1. The van der Waals surface area contributed by atoms with E-state index in [1.165, 1.54) is 12.1 Å². The van der Waals surface area contributed by atoms with Crippen LogP contribution < -0.4 is 24.2 Å². The lowest BCUT2D eigenvalue weighted by Crippen LogP contribution is -2.49. The van der Waals surface area contributed by atoms with Gasteiger partial charge in [-0.2, -0.15) is 0 Å². The first-order chi connectivity index (χ1) is 34.9. The standard InChI is InChI=1S/C30H38N4O4.C26H31FN4O3/c1-22(2)37-28-11-7-6-10-27(28)33-18-16-32(17-19-33)21-25-20-26(31-38-25)30(36)34-14-12-24(13-15-34)29(35)23-8-4-3-5-9-23;1-18(2)33-25-6-4-3-5-24(25)30-13-11-29(12-14-30)17-21-16-22(28-34-21)26(32)31-10-9-19-15-20(27)7-8-23(19)31/h3-11,22,24-25H,12-21H2,1-2H3;3-8,15,18,21H,9-14,16-17H2,1-2H3. The fourth-order valence-electron chi connectivity index (χ4n) is 10.5. The smallest absolute Gasteiger partial charge is 0.276 e. The molecule has 3 saturated heterocycles. The van der Waals surface area contributed by atoms with Crippen molar-refractivity contribution in [1.29, 1.82) is 0 Å². The highest BCUT2D eigenvalue weighted by Crippen LogP contribution is 2.33. The molecule has 2 amide bonds. The fraction of sp³-hybridized carbons (Fsp3) is 0.482. The van der Waals surface area contributed by atoms with Crippen LogP contribution in [-0.4, -0.2) is 153 Å². The van der Waals surface area contributed by atoms with E-state index in [1.807, 2.05) is 93.3 Å². The van der Waals surface area contributed by atoms with Gasteiger partial charge in [-0.15, -0.1) is 0 Å². The molecule has 6 aliphatic rings. The lowest BCUT2D eigenvalue weighted by atomic mass is 9.88. The van der Waals surface area contributed by atoms with Crippen LogP contribution >= 0.6 is 0 Å². The number of benzene rings is 4. The summed E-state index contributed by atoms with van der Waals surface area (Å²) in [7, 11) is 0. The van der Waals surface area contributed by atoms with Crippen LogP contribution in [0.15, 0.2) is 107 Å². The van der Waals surface area contributed by atoms with E-state index in [0.717, 1.165) is 105 Å². The molecule has 6 aliphatic heterocycles. The van der Waals surface area contributed by atoms with Crippen LogP contribution in [0.25, 0.3) is 0 Å². The van der Waals surface area contributed by atoms with Crippen molar-refractivity contribution in [3.05, 3.63) is 114 Å². The van der Waals surface area contributed by atoms with Gasteiger partial charge in [0.25, 0.3) is 11.8 Å². The van der Waals surface area contributed by atoms with Crippen molar-refractivity contribution in [2.75, 3.05) is 99.8 Å². The molecule has 0 radical (unpaired) electrons. The summed E-state index contributed by atoms with van der Waals surface area (Å²) in [5.74, 6) is 1.54. The third kappa shape index (κ3) is 12.4. The van der Waals surface area contributed by atoms with Crippen molar-refractivity contribution < 1.29 is 37.9 Å². The van der Waals surface area contributed by atoms with Gasteiger partial charge in [0.1, 0.15) is 40.9 Å². The highest BCUT2D eigenvalue weighted by molar-refractivity contribution is 6.44. The third-order valence-electron chi connectivity index (χ3n) is 14.2. The molecule has 2 unspecified atom stereocenters. The zero-order chi connectivity index (χ0) is 50.1. The maximum absolute atomic E-state index is 13.5. The van der Waals surface area contributed by atoms with Gasteiger partial charge in [0, 0.05) is 115 Å². The summed E-state index contributed by atoms with van der Waals surface area (Å²) in [6.45, 7) is 18.7. The summed E-state index contributed by atoms with van der Waals surface area (Å²) in [6.07, 6.45) is 3.10. The Morgan fingerprint density at radius 3 is 1.62 bits per heavy atom. The molecular formula is C56H69FN8O7. The number of hydrogen-bond donors (Lipinski definition) is 0. The molecule has 382 valence electrons. The van der Waals surface area contributed by atoms with Crippen molar-refractivity contribution in [3.8, 4) is 11.5 Å². The van der Waals surface area contributed by atoms with Crippen LogP contribution in [0, 0.1) is 11.7 Å². The topological polar surface area (TPSA) is 132 Å². The van der Waals surface area contributed by atoms with Gasteiger partial charge in [-0.25, -0.2) is 4.39 Å².